The van der Waals surface area contributed by atoms with Crippen LogP contribution in [0.5, 0.6) is 0 Å². The van der Waals surface area contributed by atoms with Gasteiger partial charge in [0.15, 0.2) is 5.13 Å². The van der Waals surface area contributed by atoms with Crippen molar-refractivity contribution in [1.82, 2.24) is 9.97 Å². The van der Waals surface area contributed by atoms with Crippen molar-refractivity contribution in [2.45, 2.75) is 17.7 Å². The summed E-state index contributed by atoms with van der Waals surface area (Å²) in [5.74, 6) is 0.872. The Labute approximate surface area is 159 Å². The van der Waals surface area contributed by atoms with Gasteiger partial charge in [-0.05, 0) is 48.6 Å². The van der Waals surface area contributed by atoms with E-state index in [1.165, 1.54) is 11.3 Å². The summed E-state index contributed by atoms with van der Waals surface area (Å²) in [4.78, 5) is 21.7. The van der Waals surface area contributed by atoms with Gasteiger partial charge in [-0.3, -0.25) is 9.78 Å². The molecule has 7 heteroatoms. The number of halogens is 1. The normalized spacial score (nSPS) is 10.6. The minimum atomic E-state index is -0.0104. The third kappa shape index (κ3) is 5.56. The zero-order chi connectivity index (χ0) is 17.5. The van der Waals surface area contributed by atoms with E-state index >= 15 is 0 Å². The summed E-state index contributed by atoms with van der Waals surface area (Å²) in [5, 5.41) is 6.13. The predicted octanol–water partition coefficient (Wildman–Crippen LogP) is 5.37. The van der Waals surface area contributed by atoms with E-state index in [1.807, 2.05) is 41.8 Å². The van der Waals surface area contributed by atoms with Gasteiger partial charge in [-0.1, -0.05) is 11.6 Å². The molecule has 0 saturated carbocycles. The smallest absolute Gasteiger partial charge is 0.226 e. The first-order valence-corrected chi connectivity index (χ1v) is 9.99. The van der Waals surface area contributed by atoms with Gasteiger partial charge in [0.1, 0.15) is 0 Å². The number of hydrogen-bond acceptors (Lipinski definition) is 5. The molecule has 0 unspecified atom stereocenters. The van der Waals surface area contributed by atoms with Crippen LogP contribution in [-0.2, 0) is 4.79 Å². The highest BCUT2D eigenvalue weighted by Crippen LogP contribution is 2.25. The van der Waals surface area contributed by atoms with E-state index in [1.54, 1.807) is 24.2 Å². The van der Waals surface area contributed by atoms with Gasteiger partial charge in [-0.2, -0.15) is 0 Å². The Morgan fingerprint density at radius 2 is 2.08 bits per heavy atom. The lowest BCUT2D eigenvalue weighted by molar-refractivity contribution is -0.116. The molecule has 0 spiro atoms. The molecule has 1 N–H and O–H groups in total. The quantitative estimate of drug-likeness (QED) is 0.436. The van der Waals surface area contributed by atoms with Crippen LogP contribution in [0.4, 0.5) is 5.13 Å². The number of anilines is 1. The molecule has 1 amide bonds. The molecule has 25 heavy (non-hydrogen) atoms. The van der Waals surface area contributed by atoms with Gasteiger partial charge < -0.3 is 5.32 Å². The third-order valence-electron chi connectivity index (χ3n) is 3.34. The van der Waals surface area contributed by atoms with E-state index in [9.17, 15) is 4.79 Å². The van der Waals surface area contributed by atoms with Crippen molar-refractivity contribution < 1.29 is 4.79 Å². The van der Waals surface area contributed by atoms with Crippen molar-refractivity contribution in [1.29, 1.82) is 0 Å². The van der Waals surface area contributed by atoms with Crippen LogP contribution in [0.3, 0.4) is 0 Å². The van der Waals surface area contributed by atoms with Crippen LogP contribution in [0.15, 0.2) is 59.1 Å². The standard InChI is InChI=1S/C18H16ClN3OS2/c19-14-5-7-15(8-6-14)24-10-2-4-17(23)22-18-21-16(12-25-18)13-3-1-9-20-11-13/h1,3,5-9,11-12H,2,4,10H2,(H,21,22,23). The van der Waals surface area contributed by atoms with E-state index in [-0.39, 0.29) is 5.91 Å². The molecule has 0 aliphatic carbocycles. The summed E-state index contributed by atoms with van der Waals surface area (Å²) in [7, 11) is 0. The van der Waals surface area contributed by atoms with Crippen LogP contribution < -0.4 is 5.32 Å². The summed E-state index contributed by atoms with van der Waals surface area (Å²) in [6, 6.07) is 11.5. The average molecular weight is 390 g/mol. The molecule has 0 bridgehead atoms. The van der Waals surface area contributed by atoms with Crippen LogP contribution in [0.1, 0.15) is 12.8 Å². The average Bonchev–Trinajstić information content (AvgIpc) is 3.09. The maximum Gasteiger partial charge on any atom is 0.226 e. The van der Waals surface area contributed by atoms with Gasteiger partial charge in [0.05, 0.1) is 5.69 Å². The Morgan fingerprint density at radius 3 is 2.84 bits per heavy atom. The first-order valence-electron chi connectivity index (χ1n) is 7.75. The van der Waals surface area contributed by atoms with E-state index in [2.05, 4.69) is 15.3 Å². The first kappa shape index (κ1) is 17.9. The summed E-state index contributed by atoms with van der Waals surface area (Å²) >= 11 is 9.00. The number of hydrogen-bond donors (Lipinski definition) is 1. The maximum absolute atomic E-state index is 12.0. The monoisotopic (exact) mass is 389 g/mol. The molecule has 0 fully saturated rings. The fraction of sp³-hybridized carbons (Fsp3) is 0.167. The number of nitrogens with zero attached hydrogens (tertiary/aromatic N) is 2. The molecule has 4 nitrogen and oxygen atoms in total. The Balaban J connectivity index is 1.42. The van der Waals surface area contributed by atoms with Gasteiger partial charge in [-0.15, -0.1) is 23.1 Å². The number of nitrogens with one attached hydrogen (secondary N) is 1. The highest BCUT2D eigenvalue weighted by molar-refractivity contribution is 7.99. The Morgan fingerprint density at radius 1 is 1.24 bits per heavy atom. The maximum atomic E-state index is 12.0. The molecule has 0 aliphatic rings. The molecule has 2 aromatic heterocycles. The Hall–Kier alpha value is -1.89. The molecule has 0 saturated heterocycles. The lowest BCUT2D eigenvalue weighted by atomic mass is 10.2. The van der Waals surface area contributed by atoms with Crippen molar-refractivity contribution in [3.05, 3.63) is 59.2 Å². The molecule has 0 aliphatic heterocycles. The van der Waals surface area contributed by atoms with E-state index in [0.717, 1.165) is 33.3 Å². The lowest BCUT2D eigenvalue weighted by Crippen LogP contribution is -2.11. The largest absolute Gasteiger partial charge is 0.302 e. The molecule has 2 heterocycles. The number of aromatic nitrogens is 2. The molecular weight excluding hydrogens is 374 g/mol. The first-order chi connectivity index (χ1) is 12.2. The molecule has 3 rings (SSSR count). The SMILES string of the molecule is O=C(CCCSc1ccc(Cl)cc1)Nc1nc(-c2cccnc2)cs1. The van der Waals surface area contributed by atoms with Crippen molar-refractivity contribution in [2.24, 2.45) is 0 Å². The molecule has 0 atom stereocenters. The van der Waals surface area contributed by atoms with Gasteiger partial charge >= 0.3 is 0 Å². The minimum Gasteiger partial charge on any atom is -0.302 e. The fourth-order valence-corrected chi connectivity index (χ4v) is 3.83. The number of amides is 1. The molecule has 0 radical (unpaired) electrons. The van der Waals surface area contributed by atoms with Crippen molar-refractivity contribution >= 4 is 45.7 Å². The number of carbonyl (C=O) groups is 1. The molecular formula is C18H16ClN3OS2. The van der Waals surface area contributed by atoms with Gasteiger partial charge in [0, 0.05) is 39.7 Å². The van der Waals surface area contributed by atoms with Crippen molar-refractivity contribution in [3.63, 3.8) is 0 Å². The Bertz CT molecular complexity index is 822. The van der Waals surface area contributed by atoms with Crippen molar-refractivity contribution in [2.75, 3.05) is 11.1 Å². The fourth-order valence-electron chi connectivity index (χ4n) is 2.11. The number of carbonyl (C=O) groups excluding carboxylic acids is 1. The number of thioether (sulfide) groups is 1. The third-order valence-corrected chi connectivity index (χ3v) is 5.45. The highest BCUT2D eigenvalue weighted by atomic mass is 35.5. The second-order valence-electron chi connectivity index (χ2n) is 5.23. The highest BCUT2D eigenvalue weighted by Gasteiger charge is 2.08. The lowest BCUT2D eigenvalue weighted by Gasteiger charge is -2.03. The van der Waals surface area contributed by atoms with Gasteiger partial charge in [0.25, 0.3) is 0 Å². The molecule has 1 aromatic carbocycles. The molecule has 128 valence electrons. The number of pyridine rings is 1. The second kappa shape index (κ2) is 8.99. The summed E-state index contributed by atoms with van der Waals surface area (Å²) in [5.41, 5.74) is 1.77. The van der Waals surface area contributed by atoms with E-state index in [0.29, 0.717) is 11.6 Å². The van der Waals surface area contributed by atoms with Crippen LogP contribution in [-0.4, -0.2) is 21.6 Å². The van der Waals surface area contributed by atoms with E-state index < -0.39 is 0 Å². The number of benzene rings is 1. The second-order valence-corrected chi connectivity index (χ2v) is 7.70. The van der Waals surface area contributed by atoms with Crippen LogP contribution >= 0.6 is 34.7 Å². The summed E-state index contributed by atoms with van der Waals surface area (Å²) in [6.07, 6.45) is 4.76. The zero-order valence-electron chi connectivity index (χ0n) is 13.3. The molecule has 3 aromatic rings. The summed E-state index contributed by atoms with van der Waals surface area (Å²) in [6.45, 7) is 0. The summed E-state index contributed by atoms with van der Waals surface area (Å²) < 4.78 is 0. The number of thiazole rings is 1. The number of rotatable bonds is 7. The van der Waals surface area contributed by atoms with Crippen LogP contribution in [0, 0.1) is 0 Å². The van der Waals surface area contributed by atoms with Gasteiger partial charge in [-0.25, -0.2) is 4.98 Å². The topological polar surface area (TPSA) is 54.9 Å². The van der Waals surface area contributed by atoms with Crippen LogP contribution in [0.25, 0.3) is 11.3 Å². The predicted molar refractivity (Wildman–Crippen MR) is 105 cm³/mol. The Kier molecular flexibility index (Phi) is 6.44. The van der Waals surface area contributed by atoms with Crippen LogP contribution in [0.2, 0.25) is 5.02 Å². The minimum absolute atomic E-state index is 0.0104. The van der Waals surface area contributed by atoms with Crippen molar-refractivity contribution in [3.8, 4) is 11.3 Å². The van der Waals surface area contributed by atoms with Gasteiger partial charge in [0.2, 0.25) is 5.91 Å². The zero-order valence-corrected chi connectivity index (χ0v) is 15.7. The van der Waals surface area contributed by atoms with E-state index in [4.69, 9.17) is 11.6 Å².